The Labute approximate surface area is 151 Å². The molecule has 26 heavy (non-hydrogen) atoms. The Kier molecular flexibility index (Phi) is 5.67. The first-order valence-electron chi connectivity index (χ1n) is 8.17. The lowest BCUT2D eigenvalue weighted by Crippen LogP contribution is -2.36. The van der Waals surface area contributed by atoms with Crippen molar-refractivity contribution in [3.8, 4) is 11.1 Å². The first kappa shape index (κ1) is 17.3. The van der Waals surface area contributed by atoms with E-state index in [1.54, 1.807) is 24.5 Å². The van der Waals surface area contributed by atoms with E-state index in [4.69, 9.17) is 0 Å². The van der Waals surface area contributed by atoms with Gasteiger partial charge >= 0.3 is 0 Å². The number of amides is 2. The number of aromatic nitrogens is 2. The monoisotopic (exact) mass is 346 g/mol. The van der Waals surface area contributed by atoms with Gasteiger partial charge in [-0.15, -0.1) is 0 Å². The van der Waals surface area contributed by atoms with Crippen LogP contribution in [0.5, 0.6) is 0 Å². The molecular formula is C20H18N4O2. The topological polar surface area (TPSA) is 84.0 Å². The highest BCUT2D eigenvalue weighted by molar-refractivity contribution is 6.02. The fraction of sp³-hybridized carbons (Fsp3) is 0.100. The maximum absolute atomic E-state index is 12.5. The fourth-order valence-corrected chi connectivity index (χ4v) is 2.49. The molecule has 6 nitrogen and oxygen atoms in total. The molecule has 1 heterocycles. The van der Waals surface area contributed by atoms with E-state index in [9.17, 15) is 9.59 Å². The number of rotatable bonds is 6. The van der Waals surface area contributed by atoms with Gasteiger partial charge in [-0.25, -0.2) is 9.97 Å². The van der Waals surface area contributed by atoms with Gasteiger partial charge in [0, 0.05) is 30.1 Å². The first-order valence-corrected chi connectivity index (χ1v) is 8.17. The van der Waals surface area contributed by atoms with Crippen LogP contribution in [0.4, 0.5) is 0 Å². The Morgan fingerprint density at radius 3 is 2.31 bits per heavy atom. The van der Waals surface area contributed by atoms with E-state index in [0.717, 1.165) is 16.7 Å². The summed E-state index contributed by atoms with van der Waals surface area (Å²) >= 11 is 0. The van der Waals surface area contributed by atoms with Crippen LogP contribution in [0.2, 0.25) is 0 Å². The summed E-state index contributed by atoms with van der Waals surface area (Å²) in [6, 6.07) is 16.7. The van der Waals surface area contributed by atoms with Gasteiger partial charge in [-0.3, -0.25) is 9.59 Å². The molecule has 2 N–H and O–H groups in total. The Hall–Kier alpha value is -3.54. The molecule has 1 aromatic heterocycles. The Morgan fingerprint density at radius 2 is 1.54 bits per heavy atom. The van der Waals surface area contributed by atoms with Crippen molar-refractivity contribution < 1.29 is 9.59 Å². The molecule has 0 unspecified atom stereocenters. The van der Waals surface area contributed by atoms with Gasteiger partial charge in [0.2, 0.25) is 5.91 Å². The standard InChI is InChI=1S/C20H18N4O2/c25-19(23-10-15-6-2-1-3-7-15)13-24-20(26)18-9-5-4-8-17(18)16-11-21-14-22-12-16/h1-9,11-12,14H,10,13H2,(H,23,25)(H,24,26). The maximum Gasteiger partial charge on any atom is 0.252 e. The summed E-state index contributed by atoms with van der Waals surface area (Å²) in [5.41, 5.74) is 2.93. The molecule has 130 valence electrons. The third kappa shape index (κ3) is 4.51. The normalized spacial score (nSPS) is 10.2. The lowest BCUT2D eigenvalue weighted by Gasteiger charge is -2.10. The molecule has 0 aliphatic carbocycles. The van der Waals surface area contributed by atoms with E-state index >= 15 is 0 Å². The second kappa shape index (κ2) is 8.53. The number of nitrogens with one attached hydrogen (secondary N) is 2. The largest absolute Gasteiger partial charge is 0.350 e. The summed E-state index contributed by atoms with van der Waals surface area (Å²) in [7, 11) is 0. The van der Waals surface area contributed by atoms with Crippen LogP contribution in [0.1, 0.15) is 15.9 Å². The van der Waals surface area contributed by atoms with Crippen molar-refractivity contribution in [2.75, 3.05) is 6.54 Å². The molecule has 3 rings (SSSR count). The van der Waals surface area contributed by atoms with Gasteiger partial charge in [-0.1, -0.05) is 48.5 Å². The molecule has 0 aliphatic rings. The van der Waals surface area contributed by atoms with Crippen molar-refractivity contribution in [1.29, 1.82) is 0 Å². The summed E-state index contributed by atoms with van der Waals surface area (Å²) in [5.74, 6) is -0.568. The van der Waals surface area contributed by atoms with Crippen LogP contribution >= 0.6 is 0 Å². The molecule has 6 heteroatoms. The van der Waals surface area contributed by atoms with E-state index in [1.807, 2.05) is 42.5 Å². The van der Waals surface area contributed by atoms with Gasteiger partial charge < -0.3 is 10.6 Å². The molecule has 2 amide bonds. The van der Waals surface area contributed by atoms with Gasteiger partial charge in [-0.05, 0) is 17.2 Å². The Bertz CT molecular complexity index is 883. The van der Waals surface area contributed by atoms with Crippen LogP contribution in [0, 0.1) is 0 Å². The van der Waals surface area contributed by atoms with Crippen molar-refractivity contribution in [3.63, 3.8) is 0 Å². The Balaban J connectivity index is 1.59. The van der Waals surface area contributed by atoms with Crippen LogP contribution in [0.25, 0.3) is 11.1 Å². The zero-order chi connectivity index (χ0) is 18.2. The molecule has 2 aromatic carbocycles. The molecular weight excluding hydrogens is 328 g/mol. The van der Waals surface area contributed by atoms with Gasteiger partial charge in [-0.2, -0.15) is 0 Å². The number of hydrogen-bond acceptors (Lipinski definition) is 4. The van der Waals surface area contributed by atoms with Crippen LogP contribution < -0.4 is 10.6 Å². The molecule has 0 atom stereocenters. The highest BCUT2D eigenvalue weighted by Crippen LogP contribution is 2.21. The lowest BCUT2D eigenvalue weighted by molar-refractivity contribution is -0.120. The zero-order valence-electron chi connectivity index (χ0n) is 14.1. The van der Waals surface area contributed by atoms with E-state index in [0.29, 0.717) is 12.1 Å². The molecule has 0 aliphatic heterocycles. The summed E-state index contributed by atoms with van der Waals surface area (Å²) < 4.78 is 0. The van der Waals surface area contributed by atoms with Crippen LogP contribution in [0.3, 0.4) is 0 Å². The van der Waals surface area contributed by atoms with Crippen LogP contribution in [-0.2, 0) is 11.3 Å². The van der Waals surface area contributed by atoms with E-state index in [1.165, 1.54) is 6.33 Å². The molecule has 3 aromatic rings. The molecule has 0 fully saturated rings. The smallest absolute Gasteiger partial charge is 0.252 e. The number of hydrogen-bond donors (Lipinski definition) is 2. The van der Waals surface area contributed by atoms with Crippen molar-refractivity contribution in [2.45, 2.75) is 6.54 Å². The molecule has 0 spiro atoms. The summed E-state index contributed by atoms with van der Waals surface area (Å²) in [6.07, 6.45) is 4.72. The van der Waals surface area contributed by atoms with E-state index < -0.39 is 0 Å². The molecule has 0 saturated heterocycles. The minimum absolute atomic E-state index is 0.0920. The number of nitrogens with zero attached hydrogens (tertiary/aromatic N) is 2. The van der Waals surface area contributed by atoms with Gasteiger partial charge in [0.25, 0.3) is 5.91 Å². The minimum atomic E-state index is -0.320. The lowest BCUT2D eigenvalue weighted by atomic mass is 10.0. The van der Waals surface area contributed by atoms with Crippen molar-refractivity contribution in [2.24, 2.45) is 0 Å². The molecule has 0 saturated carbocycles. The van der Waals surface area contributed by atoms with Gasteiger partial charge in [0.1, 0.15) is 6.33 Å². The quantitative estimate of drug-likeness (QED) is 0.717. The summed E-state index contributed by atoms with van der Waals surface area (Å²) in [5, 5.41) is 5.43. The van der Waals surface area contributed by atoms with Crippen LogP contribution in [0.15, 0.2) is 73.3 Å². The predicted molar refractivity (Wildman–Crippen MR) is 98.1 cm³/mol. The third-order valence-electron chi connectivity index (χ3n) is 3.79. The third-order valence-corrected chi connectivity index (χ3v) is 3.79. The van der Waals surface area contributed by atoms with Gasteiger partial charge in [0.05, 0.1) is 6.54 Å². The van der Waals surface area contributed by atoms with Crippen molar-refractivity contribution in [1.82, 2.24) is 20.6 Å². The second-order valence-electron chi connectivity index (χ2n) is 5.62. The number of benzene rings is 2. The van der Waals surface area contributed by atoms with Crippen molar-refractivity contribution in [3.05, 3.63) is 84.4 Å². The molecule has 0 bridgehead atoms. The summed E-state index contributed by atoms with van der Waals surface area (Å²) in [4.78, 5) is 32.4. The maximum atomic E-state index is 12.5. The SMILES string of the molecule is O=C(CNC(=O)c1ccccc1-c1cncnc1)NCc1ccccc1. The highest BCUT2D eigenvalue weighted by Gasteiger charge is 2.13. The molecule has 0 radical (unpaired) electrons. The average molecular weight is 346 g/mol. The van der Waals surface area contributed by atoms with Crippen molar-refractivity contribution >= 4 is 11.8 Å². The second-order valence-corrected chi connectivity index (χ2v) is 5.62. The zero-order valence-corrected chi connectivity index (χ0v) is 14.1. The summed E-state index contributed by atoms with van der Waals surface area (Å²) in [6.45, 7) is 0.332. The van der Waals surface area contributed by atoms with E-state index in [2.05, 4.69) is 20.6 Å². The predicted octanol–water partition coefficient (Wildman–Crippen LogP) is 2.19. The Morgan fingerprint density at radius 1 is 0.846 bits per heavy atom. The average Bonchev–Trinajstić information content (AvgIpc) is 2.72. The minimum Gasteiger partial charge on any atom is -0.350 e. The fourth-order valence-electron chi connectivity index (χ4n) is 2.49. The highest BCUT2D eigenvalue weighted by atomic mass is 16.2. The first-order chi connectivity index (χ1) is 12.7. The number of carbonyl (C=O) groups is 2. The van der Waals surface area contributed by atoms with E-state index in [-0.39, 0.29) is 18.4 Å². The number of carbonyl (C=O) groups excluding carboxylic acids is 2. The van der Waals surface area contributed by atoms with Crippen LogP contribution in [-0.4, -0.2) is 28.3 Å². The van der Waals surface area contributed by atoms with Gasteiger partial charge in [0.15, 0.2) is 0 Å².